The Bertz CT molecular complexity index is 926. The third-order valence-electron chi connectivity index (χ3n) is 3.87. The lowest BCUT2D eigenvalue weighted by Gasteiger charge is -2.14. The van der Waals surface area contributed by atoms with Gasteiger partial charge in [-0.1, -0.05) is 36.1 Å². The summed E-state index contributed by atoms with van der Waals surface area (Å²) in [6, 6.07) is 13.0. The van der Waals surface area contributed by atoms with Gasteiger partial charge >= 0.3 is 0 Å². The van der Waals surface area contributed by atoms with Crippen LogP contribution in [0, 0.1) is 0 Å². The lowest BCUT2D eigenvalue weighted by Crippen LogP contribution is -2.27. The number of fused-ring (bicyclic) bond motifs is 1. The Balaban J connectivity index is 1.62. The van der Waals surface area contributed by atoms with E-state index < -0.39 is 0 Å². The maximum Gasteiger partial charge on any atom is 0.270 e. The van der Waals surface area contributed by atoms with Crippen molar-refractivity contribution in [1.29, 1.82) is 0 Å². The first kappa shape index (κ1) is 16.9. The number of thioether (sulfide) groups is 1. The molecule has 2 aliphatic rings. The van der Waals surface area contributed by atoms with E-state index >= 15 is 0 Å². The highest BCUT2D eigenvalue weighted by Gasteiger charge is 2.34. The number of amides is 1. The number of nitrogens with zero attached hydrogens (tertiary/aromatic N) is 1. The van der Waals surface area contributed by atoms with E-state index in [2.05, 4.69) is 0 Å². The van der Waals surface area contributed by atoms with Gasteiger partial charge in [-0.2, -0.15) is 0 Å². The van der Waals surface area contributed by atoms with Crippen LogP contribution >= 0.6 is 24.0 Å². The summed E-state index contributed by atoms with van der Waals surface area (Å²) in [6.45, 7) is 2.71. The average Bonchev–Trinajstić information content (AvgIpc) is 3.19. The van der Waals surface area contributed by atoms with Gasteiger partial charge in [0.1, 0.15) is 5.75 Å². The summed E-state index contributed by atoms with van der Waals surface area (Å²) in [7, 11) is 0. The number of ether oxygens (including phenoxy) is 3. The molecule has 26 heavy (non-hydrogen) atoms. The molecule has 5 nitrogen and oxygen atoms in total. The molecule has 4 rings (SSSR count). The van der Waals surface area contributed by atoms with Gasteiger partial charge in [0, 0.05) is 6.07 Å². The molecule has 0 spiro atoms. The molecule has 2 aliphatic heterocycles. The van der Waals surface area contributed by atoms with Crippen molar-refractivity contribution in [3.8, 4) is 17.2 Å². The molecule has 0 unspecified atom stereocenters. The van der Waals surface area contributed by atoms with Gasteiger partial charge in [-0.25, -0.2) is 0 Å². The van der Waals surface area contributed by atoms with E-state index in [0.29, 0.717) is 33.0 Å². The van der Waals surface area contributed by atoms with E-state index in [1.165, 1.54) is 16.7 Å². The van der Waals surface area contributed by atoms with Crippen LogP contribution in [0.2, 0.25) is 0 Å². The summed E-state index contributed by atoms with van der Waals surface area (Å²) in [5.74, 6) is 1.90. The normalized spacial score (nSPS) is 17.3. The van der Waals surface area contributed by atoms with Crippen molar-refractivity contribution in [2.45, 2.75) is 6.92 Å². The lowest BCUT2D eigenvalue weighted by atomic mass is 10.2. The second kappa shape index (κ2) is 7.01. The number of benzene rings is 2. The number of rotatable bonds is 4. The summed E-state index contributed by atoms with van der Waals surface area (Å²) in [5, 5.41) is 0. The first-order valence-electron chi connectivity index (χ1n) is 8.06. The first-order valence-corrected chi connectivity index (χ1v) is 9.28. The fourth-order valence-corrected chi connectivity index (χ4v) is 4.03. The third kappa shape index (κ3) is 3.15. The quantitative estimate of drug-likeness (QED) is 0.580. The summed E-state index contributed by atoms with van der Waals surface area (Å²) < 4.78 is 16.7. The lowest BCUT2D eigenvalue weighted by molar-refractivity contribution is -0.113. The van der Waals surface area contributed by atoms with Gasteiger partial charge in [-0.15, -0.1) is 0 Å². The zero-order valence-electron chi connectivity index (χ0n) is 13.9. The zero-order chi connectivity index (χ0) is 18.1. The molecule has 132 valence electrons. The van der Waals surface area contributed by atoms with Crippen LogP contribution in [-0.4, -0.2) is 23.6 Å². The van der Waals surface area contributed by atoms with Gasteiger partial charge in [-0.05, 0) is 42.8 Å². The molecule has 0 aromatic heterocycles. The minimum Gasteiger partial charge on any atom is -0.494 e. The molecule has 2 aromatic rings. The molecule has 0 aliphatic carbocycles. The van der Waals surface area contributed by atoms with E-state index in [1.807, 2.05) is 37.3 Å². The molecule has 0 radical (unpaired) electrons. The van der Waals surface area contributed by atoms with Gasteiger partial charge in [-0.3, -0.25) is 9.69 Å². The summed E-state index contributed by atoms with van der Waals surface area (Å²) in [6.07, 6.45) is 1.83. The van der Waals surface area contributed by atoms with E-state index in [4.69, 9.17) is 26.4 Å². The molecule has 1 saturated heterocycles. The Morgan fingerprint density at radius 2 is 2.08 bits per heavy atom. The van der Waals surface area contributed by atoms with Crippen LogP contribution in [-0.2, 0) is 4.79 Å². The van der Waals surface area contributed by atoms with Crippen molar-refractivity contribution in [3.05, 3.63) is 52.9 Å². The maximum absolute atomic E-state index is 12.9. The van der Waals surface area contributed by atoms with E-state index in [1.54, 1.807) is 18.2 Å². The van der Waals surface area contributed by atoms with E-state index in [0.717, 1.165) is 11.3 Å². The predicted octanol–water partition coefficient (Wildman–Crippen LogP) is 4.22. The van der Waals surface area contributed by atoms with Crippen LogP contribution in [0.4, 0.5) is 5.69 Å². The largest absolute Gasteiger partial charge is 0.494 e. The standard InChI is InChI=1S/C19H15NO4S2/c1-2-22-14-5-3-4-12(8-14)9-17-18(21)20(19(25)26-17)13-6-7-15-16(10-13)24-11-23-15/h3-10H,2,11H2,1H3. The minimum atomic E-state index is -0.152. The molecule has 1 amide bonds. The molecule has 0 saturated carbocycles. The van der Waals surface area contributed by atoms with Gasteiger partial charge < -0.3 is 14.2 Å². The van der Waals surface area contributed by atoms with Crippen molar-refractivity contribution in [3.63, 3.8) is 0 Å². The topological polar surface area (TPSA) is 48.0 Å². The number of hydrogen-bond acceptors (Lipinski definition) is 6. The van der Waals surface area contributed by atoms with Crippen LogP contribution < -0.4 is 19.1 Å². The molecule has 0 N–H and O–H groups in total. The van der Waals surface area contributed by atoms with Crippen LogP contribution in [0.5, 0.6) is 17.2 Å². The molecule has 2 heterocycles. The average molecular weight is 385 g/mol. The first-order chi connectivity index (χ1) is 12.7. The number of anilines is 1. The Kier molecular flexibility index (Phi) is 4.57. The number of carbonyl (C=O) groups excluding carboxylic acids is 1. The number of thiocarbonyl (C=S) groups is 1. The number of hydrogen-bond donors (Lipinski definition) is 0. The molecule has 0 atom stereocenters. The van der Waals surface area contributed by atoms with Crippen molar-refractivity contribution < 1.29 is 19.0 Å². The van der Waals surface area contributed by atoms with Crippen molar-refractivity contribution in [2.75, 3.05) is 18.3 Å². The molecular weight excluding hydrogens is 370 g/mol. The Morgan fingerprint density at radius 3 is 2.92 bits per heavy atom. The second-order valence-corrected chi connectivity index (χ2v) is 7.24. The molecule has 7 heteroatoms. The van der Waals surface area contributed by atoms with Crippen LogP contribution in [0.25, 0.3) is 6.08 Å². The van der Waals surface area contributed by atoms with E-state index in [-0.39, 0.29) is 12.7 Å². The van der Waals surface area contributed by atoms with Crippen LogP contribution in [0.1, 0.15) is 12.5 Å². The third-order valence-corrected chi connectivity index (χ3v) is 5.18. The van der Waals surface area contributed by atoms with Gasteiger partial charge in [0.05, 0.1) is 17.2 Å². The summed E-state index contributed by atoms with van der Waals surface area (Å²) in [4.78, 5) is 15.0. The Hall–Kier alpha value is -2.51. The maximum atomic E-state index is 12.9. The monoisotopic (exact) mass is 385 g/mol. The molecular formula is C19H15NO4S2. The van der Waals surface area contributed by atoms with Gasteiger partial charge in [0.2, 0.25) is 6.79 Å². The second-order valence-electron chi connectivity index (χ2n) is 5.56. The predicted molar refractivity (Wildman–Crippen MR) is 106 cm³/mol. The zero-order valence-corrected chi connectivity index (χ0v) is 15.6. The summed E-state index contributed by atoms with van der Waals surface area (Å²) >= 11 is 6.70. The molecule has 1 fully saturated rings. The Morgan fingerprint density at radius 1 is 1.23 bits per heavy atom. The summed E-state index contributed by atoms with van der Waals surface area (Å²) in [5.41, 5.74) is 1.56. The highest BCUT2D eigenvalue weighted by molar-refractivity contribution is 8.27. The SMILES string of the molecule is CCOc1cccc(C=C2SC(=S)N(c3ccc4c(c3)OCO4)C2=O)c1. The Labute approximate surface area is 160 Å². The molecule has 2 aromatic carbocycles. The molecule has 0 bridgehead atoms. The van der Waals surface area contributed by atoms with Gasteiger partial charge in [0.15, 0.2) is 15.8 Å². The minimum absolute atomic E-state index is 0.152. The van der Waals surface area contributed by atoms with E-state index in [9.17, 15) is 4.79 Å². The smallest absolute Gasteiger partial charge is 0.270 e. The van der Waals surface area contributed by atoms with Crippen molar-refractivity contribution >= 4 is 46.0 Å². The van der Waals surface area contributed by atoms with Crippen LogP contribution in [0.15, 0.2) is 47.4 Å². The fraction of sp³-hybridized carbons (Fsp3) is 0.158. The van der Waals surface area contributed by atoms with Gasteiger partial charge in [0.25, 0.3) is 5.91 Å². The fourth-order valence-electron chi connectivity index (χ4n) is 2.73. The highest BCUT2D eigenvalue weighted by atomic mass is 32.2. The highest BCUT2D eigenvalue weighted by Crippen LogP contribution is 2.40. The van der Waals surface area contributed by atoms with Crippen molar-refractivity contribution in [1.82, 2.24) is 0 Å². The number of carbonyl (C=O) groups is 1. The van der Waals surface area contributed by atoms with Crippen molar-refractivity contribution in [2.24, 2.45) is 0 Å². The van der Waals surface area contributed by atoms with Crippen LogP contribution in [0.3, 0.4) is 0 Å².